The number of hydrogen-bond acceptors (Lipinski definition) is 3. The van der Waals surface area contributed by atoms with E-state index in [1.165, 1.54) is 48.3 Å². The van der Waals surface area contributed by atoms with Crippen LogP contribution in [0.15, 0.2) is 77.2 Å². The molecule has 4 rings (SSSR count). The molecular weight excluding hydrogens is 422 g/mol. The molecule has 0 radical (unpaired) electrons. The van der Waals surface area contributed by atoms with E-state index < -0.39 is 27.2 Å². The Kier molecular flexibility index (Phi) is 4.89. The van der Waals surface area contributed by atoms with E-state index in [4.69, 9.17) is 0 Å². The van der Waals surface area contributed by atoms with Crippen molar-refractivity contribution in [3.8, 4) is 0 Å². The normalized spacial score (nSPS) is 11.7. The molecule has 0 N–H and O–H groups in total. The molecule has 0 atom stereocenters. The Labute approximate surface area is 177 Å². The largest absolute Gasteiger partial charge is 0.316 e. The molecule has 5 nitrogen and oxygen atoms in total. The van der Waals surface area contributed by atoms with Crippen molar-refractivity contribution in [2.75, 3.05) is 0 Å². The summed E-state index contributed by atoms with van der Waals surface area (Å²) >= 11 is 0. The molecule has 0 fully saturated rings. The summed E-state index contributed by atoms with van der Waals surface area (Å²) in [6.07, 6.45) is 2.72. The van der Waals surface area contributed by atoms with Crippen molar-refractivity contribution in [1.29, 1.82) is 0 Å². The summed E-state index contributed by atoms with van der Waals surface area (Å²) in [5, 5.41) is 0.272. The Morgan fingerprint density at radius 3 is 2.42 bits per heavy atom. The molecular formula is C23H18F2N2O3S. The quantitative estimate of drug-likeness (QED) is 0.477. The van der Waals surface area contributed by atoms with Gasteiger partial charge in [-0.3, -0.25) is 4.79 Å². The van der Waals surface area contributed by atoms with Crippen molar-refractivity contribution in [3.05, 3.63) is 106 Å². The van der Waals surface area contributed by atoms with Gasteiger partial charge < -0.3 is 4.57 Å². The Hall–Kier alpha value is -3.52. The first kappa shape index (κ1) is 20.7. The standard InChI is InChI=1S/C23H18F2N2O3S/c1-14-7-4-5-10-20(14)31(29,30)27-12-11-17-18(13-26(3)23(28)22(17)27)15(2)16-8-6-9-19(24)21(16)25/h4-13H,2H2,1,3H3. The van der Waals surface area contributed by atoms with Crippen LogP contribution in [0.4, 0.5) is 8.78 Å². The molecule has 0 saturated carbocycles. The minimum Gasteiger partial charge on any atom is -0.316 e. The number of aromatic nitrogens is 2. The van der Waals surface area contributed by atoms with E-state index in [-0.39, 0.29) is 26.9 Å². The van der Waals surface area contributed by atoms with Gasteiger partial charge in [0, 0.05) is 36.0 Å². The molecule has 0 saturated heterocycles. The highest BCUT2D eigenvalue weighted by atomic mass is 32.2. The van der Waals surface area contributed by atoms with E-state index >= 15 is 0 Å². The third-order valence-electron chi connectivity index (χ3n) is 5.22. The molecule has 2 heterocycles. The Morgan fingerprint density at radius 2 is 1.71 bits per heavy atom. The first-order valence-electron chi connectivity index (χ1n) is 9.30. The highest BCUT2D eigenvalue weighted by molar-refractivity contribution is 7.90. The molecule has 0 aliphatic rings. The fourth-order valence-electron chi connectivity index (χ4n) is 3.60. The van der Waals surface area contributed by atoms with Crippen molar-refractivity contribution in [3.63, 3.8) is 0 Å². The molecule has 0 unspecified atom stereocenters. The van der Waals surface area contributed by atoms with Gasteiger partial charge in [-0.15, -0.1) is 0 Å². The number of halogens is 2. The summed E-state index contributed by atoms with van der Waals surface area (Å²) in [5.41, 5.74) is 0.261. The molecule has 31 heavy (non-hydrogen) atoms. The molecule has 0 aliphatic heterocycles. The van der Waals surface area contributed by atoms with Gasteiger partial charge in [0.15, 0.2) is 11.6 Å². The zero-order valence-electron chi connectivity index (χ0n) is 16.8. The van der Waals surface area contributed by atoms with Crippen molar-refractivity contribution < 1.29 is 17.2 Å². The molecule has 2 aromatic carbocycles. The first-order chi connectivity index (χ1) is 14.6. The minimum absolute atomic E-state index is 0.0648. The molecule has 0 spiro atoms. The zero-order valence-corrected chi connectivity index (χ0v) is 17.6. The summed E-state index contributed by atoms with van der Waals surface area (Å²) in [5.74, 6) is -2.10. The van der Waals surface area contributed by atoms with Crippen molar-refractivity contribution >= 4 is 26.5 Å². The van der Waals surface area contributed by atoms with Crippen molar-refractivity contribution in [2.24, 2.45) is 7.05 Å². The van der Waals surface area contributed by atoms with Gasteiger partial charge in [0.05, 0.1) is 4.90 Å². The summed E-state index contributed by atoms with van der Waals surface area (Å²) in [6, 6.07) is 11.6. The number of aryl methyl sites for hydroxylation is 2. The average molecular weight is 440 g/mol. The van der Waals surface area contributed by atoms with Gasteiger partial charge in [0.1, 0.15) is 5.52 Å². The zero-order chi connectivity index (χ0) is 22.5. The van der Waals surface area contributed by atoms with E-state index in [9.17, 15) is 22.0 Å². The lowest BCUT2D eigenvalue weighted by Gasteiger charge is -2.13. The maximum Gasteiger partial charge on any atom is 0.275 e. The third kappa shape index (κ3) is 3.19. The second-order valence-corrected chi connectivity index (χ2v) is 8.97. The van der Waals surface area contributed by atoms with Gasteiger partial charge in [0.2, 0.25) is 0 Å². The van der Waals surface area contributed by atoms with Crippen LogP contribution in [-0.2, 0) is 17.1 Å². The number of rotatable bonds is 4. The molecule has 2 aromatic heterocycles. The van der Waals surface area contributed by atoms with Crippen LogP contribution in [0.5, 0.6) is 0 Å². The van der Waals surface area contributed by atoms with Crippen LogP contribution >= 0.6 is 0 Å². The molecule has 158 valence electrons. The Morgan fingerprint density at radius 1 is 1.00 bits per heavy atom. The van der Waals surface area contributed by atoms with E-state index in [0.29, 0.717) is 11.1 Å². The number of nitrogens with zero attached hydrogens (tertiary/aromatic N) is 2. The molecule has 0 bridgehead atoms. The van der Waals surface area contributed by atoms with Crippen LogP contribution in [0.2, 0.25) is 0 Å². The van der Waals surface area contributed by atoms with Crippen LogP contribution in [0.3, 0.4) is 0 Å². The second kappa shape index (κ2) is 7.31. The van der Waals surface area contributed by atoms with Gasteiger partial charge in [-0.25, -0.2) is 21.2 Å². The highest BCUT2D eigenvalue weighted by Gasteiger charge is 2.25. The second-order valence-electron chi connectivity index (χ2n) is 7.18. The van der Waals surface area contributed by atoms with Crippen molar-refractivity contribution in [1.82, 2.24) is 8.54 Å². The van der Waals surface area contributed by atoms with E-state index in [1.807, 2.05) is 0 Å². The van der Waals surface area contributed by atoms with Crippen molar-refractivity contribution in [2.45, 2.75) is 11.8 Å². The fourth-order valence-corrected chi connectivity index (χ4v) is 5.18. The third-order valence-corrected chi connectivity index (χ3v) is 7.06. The average Bonchev–Trinajstić information content (AvgIpc) is 3.19. The molecule has 4 aromatic rings. The van der Waals surface area contributed by atoms with Gasteiger partial charge in [-0.1, -0.05) is 36.9 Å². The van der Waals surface area contributed by atoms with E-state index in [0.717, 1.165) is 10.0 Å². The number of hydrogen-bond donors (Lipinski definition) is 0. The van der Waals surface area contributed by atoms with Crippen LogP contribution in [0.1, 0.15) is 16.7 Å². The highest BCUT2D eigenvalue weighted by Crippen LogP contribution is 2.31. The Balaban J connectivity index is 2.01. The minimum atomic E-state index is -4.07. The molecule has 8 heteroatoms. The summed E-state index contributed by atoms with van der Waals surface area (Å²) in [6.45, 7) is 5.54. The first-order valence-corrected chi connectivity index (χ1v) is 10.7. The van der Waals surface area contributed by atoms with Crippen LogP contribution in [0, 0.1) is 18.6 Å². The van der Waals surface area contributed by atoms with Gasteiger partial charge in [-0.05, 0) is 36.3 Å². The lowest BCUT2D eigenvalue weighted by molar-refractivity contribution is 0.506. The van der Waals surface area contributed by atoms with E-state index in [1.54, 1.807) is 25.1 Å². The van der Waals surface area contributed by atoms with Gasteiger partial charge in [-0.2, -0.15) is 0 Å². The maximum absolute atomic E-state index is 14.4. The number of fused-ring (bicyclic) bond motifs is 1. The summed E-state index contributed by atoms with van der Waals surface area (Å²) < 4.78 is 56.9. The van der Waals surface area contributed by atoms with E-state index in [2.05, 4.69) is 6.58 Å². The molecule has 0 aliphatic carbocycles. The monoisotopic (exact) mass is 440 g/mol. The topological polar surface area (TPSA) is 61.1 Å². The predicted molar refractivity (Wildman–Crippen MR) is 115 cm³/mol. The molecule has 0 amide bonds. The number of benzene rings is 2. The van der Waals surface area contributed by atoms with Gasteiger partial charge in [0.25, 0.3) is 15.6 Å². The lowest BCUT2D eigenvalue weighted by Crippen LogP contribution is -2.23. The lowest BCUT2D eigenvalue weighted by atomic mass is 9.98. The SMILES string of the molecule is C=C(c1cccc(F)c1F)c1cn(C)c(=O)c2c1ccn2S(=O)(=O)c1ccccc1C. The van der Waals surface area contributed by atoms with Gasteiger partial charge >= 0.3 is 0 Å². The fraction of sp³-hybridized carbons (Fsp3) is 0.0870. The van der Waals surface area contributed by atoms with Crippen LogP contribution < -0.4 is 5.56 Å². The van der Waals surface area contributed by atoms with Crippen LogP contribution in [-0.4, -0.2) is 17.0 Å². The number of pyridine rings is 1. The smallest absolute Gasteiger partial charge is 0.275 e. The summed E-state index contributed by atoms with van der Waals surface area (Å²) in [7, 11) is -2.62. The summed E-state index contributed by atoms with van der Waals surface area (Å²) in [4.78, 5) is 13.0. The Bertz CT molecular complexity index is 1530. The predicted octanol–water partition coefficient (Wildman–Crippen LogP) is 4.23. The van der Waals surface area contributed by atoms with Crippen LogP contribution in [0.25, 0.3) is 16.5 Å². The maximum atomic E-state index is 14.4.